The number of rotatable bonds is 10. The zero-order chi connectivity index (χ0) is 31.4. The SMILES string of the molecule is COC(=O)NCCNc1nccc(-c2sc(C(C)(C)C)nc2-c2cccc(NS(=O)(=O)c3ccc(OC)c(F)n3)c2F)n1. The molecule has 0 bridgehead atoms. The average Bonchev–Trinajstić information content (AvgIpc) is 3.42. The third-order valence-corrected chi connectivity index (χ3v) is 8.57. The maximum absolute atomic E-state index is 16.0. The first-order chi connectivity index (χ1) is 20.3. The lowest BCUT2D eigenvalue weighted by atomic mass is 9.98. The molecular weight excluding hydrogens is 604 g/mol. The van der Waals surface area contributed by atoms with Gasteiger partial charge in [0, 0.05) is 30.3 Å². The molecule has 12 nitrogen and oxygen atoms in total. The van der Waals surface area contributed by atoms with E-state index in [1.165, 1.54) is 50.0 Å². The van der Waals surface area contributed by atoms with Crippen molar-refractivity contribution >= 4 is 39.1 Å². The highest BCUT2D eigenvalue weighted by Gasteiger charge is 2.27. The number of alkyl carbamates (subject to hydrolysis) is 1. The molecule has 3 N–H and O–H groups in total. The van der Waals surface area contributed by atoms with Gasteiger partial charge in [-0.25, -0.2) is 29.1 Å². The largest absolute Gasteiger partial charge is 0.492 e. The molecule has 0 saturated heterocycles. The molecule has 0 aliphatic heterocycles. The molecule has 16 heteroatoms. The Morgan fingerprint density at radius 1 is 1.02 bits per heavy atom. The Labute approximate surface area is 251 Å². The second-order valence-corrected chi connectivity index (χ2v) is 12.6. The summed E-state index contributed by atoms with van der Waals surface area (Å²) < 4.78 is 67.5. The molecule has 3 aromatic heterocycles. The molecule has 0 aliphatic carbocycles. The van der Waals surface area contributed by atoms with Gasteiger partial charge < -0.3 is 20.1 Å². The number of sulfonamides is 1. The molecule has 0 radical (unpaired) electrons. The molecule has 228 valence electrons. The number of pyridine rings is 1. The van der Waals surface area contributed by atoms with Crippen LogP contribution < -0.4 is 20.1 Å². The Bertz CT molecular complexity index is 1740. The molecule has 1 amide bonds. The summed E-state index contributed by atoms with van der Waals surface area (Å²) in [6.07, 6.45) is 0.958. The number of benzene rings is 1. The van der Waals surface area contributed by atoms with E-state index in [9.17, 15) is 17.6 Å². The predicted octanol–water partition coefficient (Wildman–Crippen LogP) is 4.82. The number of hydrogen-bond donors (Lipinski definition) is 3. The second-order valence-electron chi connectivity index (χ2n) is 9.97. The van der Waals surface area contributed by atoms with Crippen molar-refractivity contribution in [3.8, 4) is 27.6 Å². The van der Waals surface area contributed by atoms with Crippen LogP contribution in [0.15, 0.2) is 47.6 Å². The van der Waals surface area contributed by atoms with Crippen LogP contribution in [0.5, 0.6) is 5.75 Å². The number of aromatic nitrogens is 4. The number of carbonyl (C=O) groups is 1. The molecule has 1 aromatic carbocycles. The molecule has 0 unspecified atom stereocenters. The van der Waals surface area contributed by atoms with Crippen molar-refractivity contribution in [2.45, 2.75) is 31.2 Å². The van der Waals surface area contributed by atoms with Crippen molar-refractivity contribution in [1.29, 1.82) is 0 Å². The maximum atomic E-state index is 16.0. The molecule has 0 saturated carbocycles. The summed E-state index contributed by atoms with van der Waals surface area (Å²) in [6.45, 7) is 6.45. The fourth-order valence-corrected chi connectivity index (χ4v) is 5.78. The van der Waals surface area contributed by atoms with Crippen LogP contribution in [0.3, 0.4) is 0 Å². The summed E-state index contributed by atoms with van der Waals surface area (Å²) in [5.74, 6) is -1.99. The zero-order valence-electron chi connectivity index (χ0n) is 23.9. The smallest absolute Gasteiger partial charge is 0.406 e. The minimum Gasteiger partial charge on any atom is -0.492 e. The molecule has 0 spiro atoms. The van der Waals surface area contributed by atoms with Crippen LogP contribution in [0.4, 0.5) is 25.2 Å². The van der Waals surface area contributed by atoms with Crippen molar-refractivity contribution in [3.63, 3.8) is 0 Å². The number of amides is 1. The first-order valence-corrected chi connectivity index (χ1v) is 15.1. The standard InChI is InChI=1S/C27H29F2N7O5S2/c1-27(2,3)24-35-21(22(42-24)17-11-12-30-25(33-17)31-13-14-32-26(37)41-5)15-7-6-8-16(20(15)28)36-43(38,39)19-10-9-18(40-4)23(29)34-19/h6-12,36H,13-14H2,1-5H3,(H,32,37)(H,30,31,33). The Morgan fingerprint density at radius 3 is 2.47 bits per heavy atom. The third kappa shape index (κ3) is 7.32. The Hall–Kier alpha value is -4.44. The number of thiazole rings is 1. The summed E-state index contributed by atoms with van der Waals surface area (Å²) in [5.41, 5.74) is -0.0598. The Kier molecular flexibility index (Phi) is 9.40. The quantitative estimate of drug-likeness (QED) is 0.163. The van der Waals surface area contributed by atoms with E-state index < -0.39 is 38.3 Å². The lowest BCUT2D eigenvalue weighted by Crippen LogP contribution is -2.28. The molecule has 0 fully saturated rings. The molecule has 4 aromatic rings. The van der Waals surface area contributed by atoms with Crippen molar-refractivity contribution in [1.82, 2.24) is 25.3 Å². The number of ether oxygens (including phenoxy) is 2. The van der Waals surface area contributed by atoms with E-state index in [2.05, 4.69) is 35.0 Å². The highest BCUT2D eigenvalue weighted by Crippen LogP contribution is 2.42. The molecule has 0 atom stereocenters. The van der Waals surface area contributed by atoms with Crippen molar-refractivity contribution in [2.75, 3.05) is 37.3 Å². The fourth-order valence-electron chi connectivity index (χ4n) is 3.68. The van der Waals surface area contributed by atoms with Gasteiger partial charge in [-0.05, 0) is 30.3 Å². The number of nitrogens with zero attached hydrogens (tertiary/aromatic N) is 4. The van der Waals surface area contributed by atoms with E-state index in [4.69, 9.17) is 9.72 Å². The highest BCUT2D eigenvalue weighted by molar-refractivity contribution is 7.92. The monoisotopic (exact) mass is 633 g/mol. The van der Waals surface area contributed by atoms with Gasteiger partial charge in [0.15, 0.2) is 16.6 Å². The summed E-state index contributed by atoms with van der Waals surface area (Å²) in [6, 6.07) is 7.99. The van der Waals surface area contributed by atoms with Gasteiger partial charge in [-0.1, -0.05) is 26.8 Å². The van der Waals surface area contributed by atoms with Gasteiger partial charge in [-0.3, -0.25) is 4.72 Å². The topological polar surface area (TPSA) is 157 Å². The first-order valence-electron chi connectivity index (χ1n) is 12.8. The van der Waals surface area contributed by atoms with Gasteiger partial charge >= 0.3 is 6.09 Å². The zero-order valence-corrected chi connectivity index (χ0v) is 25.5. The van der Waals surface area contributed by atoms with Crippen LogP contribution in [0.25, 0.3) is 21.8 Å². The minimum absolute atomic E-state index is 0.0196. The van der Waals surface area contributed by atoms with E-state index in [1.54, 1.807) is 6.07 Å². The van der Waals surface area contributed by atoms with Crippen LogP contribution in [0.2, 0.25) is 0 Å². The predicted molar refractivity (Wildman–Crippen MR) is 158 cm³/mol. The average molecular weight is 634 g/mol. The van der Waals surface area contributed by atoms with Crippen LogP contribution in [0, 0.1) is 11.8 Å². The summed E-state index contributed by atoms with van der Waals surface area (Å²) in [5, 5.41) is 5.58. The van der Waals surface area contributed by atoms with E-state index in [0.29, 0.717) is 22.1 Å². The Morgan fingerprint density at radius 2 is 1.79 bits per heavy atom. The van der Waals surface area contributed by atoms with Crippen molar-refractivity contribution < 1.29 is 31.5 Å². The second kappa shape index (κ2) is 12.8. The number of carbonyl (C=O) groups excluding carboxylic acids is 1. The Balaban J connectivity index is 1.70. The highest BCUT2D eigenvalue weighted by atomic mass is 32.2. The molecule has 0 aliphatic rings. The number of anilines is 2. The van der Waals surface area contributed by atoms with Gasteiger partial charge in [0.1, 0.15) is 0 Å². The molecule has 43 heavy (non-hydrogen) atoms. The van der Waals surface area contributed by atoms with Gasteiger partial charge in [-0.2, -0.15) is 12.8 Å². The van der Waals surface area contributed by atoms with E-state index in [-0.39, 0.29) is 35.2 Å². The summed E-state index contributed by atoms with van der Waals surface area (Å²) in [7, 11) is -1.98. The van der Waals surface area contributed by atoms with Crippen LogP contribution in [0.1, 0.15) is 25.8 Å². The van der Waals surface area contributed by atoms with Crippen molar-refractivity contribution in [2.24, 2.45) is 0 Å². The number of methoxy groups -OCH3 is 2. The normalized spacial score (nSPS) is 11.6. The minimum atomic E-state index is -4.46. The summed E-state index contributed by atoms with van der Waals surface area (Å²) in [4.78, 5) is 28.7. The molecular formula is C27H29F2N7O5S2. The summed E-state index contributed by atoms with van der Waals surface area (Å²) >= 11 is 1.32. The number of hydrogen-bond acceptors (Lipinski definition) is 11. The van der Waals surface area contributed by atoms with Gasteiger partial charge in [0.2, 0.25) is 5.95 Å². The van der Waals surface area contributed by atoms with Gasteiger partial charge in [-0.15, -0.1) is 11.3 Å². The van der Waals surface area contributed by atoms with Crippen LogP contribution in [-0.4, -0.2) is 61.8 Å². The molecule has 4 rings (SSSR count). The van der Waals surface area contributed by atoms with E-state index in [0.717, 1.165) is 12.1 Å². The van der Waals surface area contributed by atoms with Crippen LogP contribution in [-0.2, 0) is 20.2 Å². The fraction of sp³-hybridized carbons (Fsp3) is 0.296. The van der Waals surface area contributed by atoms with Crippen LogP contribution >= 0.6 is 11.3 Å². The van der Waals surface area contributed by atoms with Crippen molar-refractivity contribution in [3.05, 3.63) is 59.4 Å². The lowest BCUT2D eigenvalue weighted by Gasteiger charge is -2.13. The maximum Gasteiger partial charge on any atom is 0.406 e. The van der Waals surface area contributed by atoms with Gasteiger partial charge in [0.25, 0.3) is 16.0 Å². The first kappa shape index (κ1) is 31.5. The number of halogens is 2. The number of nitrogens with one attached hydrogen (secondary N) is 3. The molecule has 3 heterocycles. The van der Waals surface area contributed by atoms with E-state index >= 15 is 4.39 Å². The lowest BCUT2D eigenvalue weighted by molar-refractivity contribution is 0.171. The van der Waals surface area contributed by atoms with Gasteiger partial charge in [0.05, 0.1) is 41.2 Å². The third-order valence-electron chi connectivity index (χ3n) is 5.80. The van der Waals surface area contributed by atoms with E-state index in [1.807, 2.05) is 20.8 Å².